The molecule has 0 aliphatic carbocycles. The van der Waals surface area contributed by atoms with Gasteiger partial charge in [-0.1, -0.05) is 29.3 Å². The highest BCUT2D eigenvalue weighted by Crippen LogP contribution is 2.23. The number of aromatic nitrogens is 2. The average molecular weight is 351 g/mol. The SMILES string of the molecule is Cc1cnc(NC(=O)CCC(=N)c2ccc(Cl)c(Cl)c2)c(C)n1. The Morgan fingerprint density at radius 1 is 1.22 bits per heavy atom. The zero-order valence-corrected chi connectivity index (χ0v) is 14.3. The summed E-state index contributed by atoms with van der Waals surface area (Å²) in [4.78, 5) is 20.4. The van der Waals surface area contributed by atoms with Crippen LogP contribution in [-0.2, 0) is 4.79 Å². The predicted octanol–water partition coefficient (Wildman–Crippen LogP) is 4.19. The van der Waals surface area contributed by atoms with Crippen LogP contribution in [0.4, 0.5) is 5.82 Å². The molecule has 5 nitrogen and oxygen atoms in total. The lowest BCUT2D eigenvalue weighted by Crippen LogP contribution is -2.16. The molecule has 7 heteroatoms. The van der Waals surface area contributed by atoms with Crippen LogP contribution in [0.2, 0.25) is 10.0 Å². The van der Waals surface area contributed by atoms with Crippen LogP contribution in [0.5, 0.6) is 0 Å². The largest absolute Gasteiger partial charge is 0.309 e. The molecule has 0 fully saturated rings. The van der Waals surface area contributed by atoms with Crippen LogP contribution in [0.15, 0.2) is 24.4 Å². The topological polar surface area (TPSA) is 78.7 Å². The molecule has 1 heterocycles. The van der Waals surface area contributed by atoms with Gasteiger partial charge in [-0.3, -0.25) is 9.78 Å². The highest BCUT2D eigenvalue weighted by molar-refractivity contribution is 6.42. The number of halogens is 2. The Morgan fingerprint density at radius 3 is 2.61 bits per heavy atom. The van der Waals surface area contributed by atoms with Crippen LogP contribution in [-0.4, -0.2) is 21.6 Å². The first-order valence-corrected chi connectivity index (χ1v) is 7.75. The highest BCUT2D eigenvalue weighted by atomic mass is 35.5. The van der Waals surface area contributed by atoms with E-state index in [1.807, 2.05) is 6.92 Å². The first-order chi connectivity index (χ1) is 10.9. The maximum atomic E-state index is 12.0. The Morgan fingerprint density at radius 2 is 1.96 bits per heavy atom. The number of anilines is 1. The average Bonchev–Trinajstić information content (AvgIpc) is 2.50. The lowest BCUT2D eigenvalue weighted by atomic mass is 10.1. The molecule has 0 spiro atoms. The first-order valence-electron chi connectivity index (χ1n) is 6.99. The quantitative estimate of drug-likeness (QED) is 0.793. The fourth-order valence-electron chi connectivity index (χ4n) is 1.98. The number of carbonyl (C=O) groups is 1. The van der Waals surface area contributed by atoms with Crippen LogP contribution in [0.3, 0.4) is 0 Å². The van der Waals surface area contributed by atoms with Crippen LogP contribution in [0, 0.1) is 19.3 Å². The number of hydrogen-bond donors (Lipinski definition) is 2. The minimum absolute atomic E-state index is 0.175. The maximum absolute atomic E-state index is 12.0. The molecule has 0 bridgehead atoms. The van der Waals surface area contributed by atoms with E-state index in [1.165, 1.54) is 0 Å². The molecule has 120 valence electrons. The van der Waals surface area contributed by atoms with Crippen LogP contribution < -0.4 is 5.32 Å². The lowest BCUT2D eigenvalue weighted by Gasteiger charge is -2.08. The number of hydrogen-bond acceptors (Lipinski definition) is 4. The molecule has 0 aliphatic rings. The van der Waals surface area contributed by atoms with Gasteiger partial charge in [-0.2, -0.15) is 0 Å². The molecular weight excluding hydrogens is 335 g/mol. The van der Waals surface area contributed by atoms with Crippen molar-refractivity contribution in [2.75, 3.05) is 5.32 Å². The van der Waals surface area contributed by atoms with E-state index in [2.05, 4.69) is 15.3 Å². The first kappa shape index (κ1) is 17.4. The zero-order valence-electron chi connectivity index (χ0n) is 12.8. The highest BCUT2D eigenvalue weighted by Gasteiger charge is 2.10. The van der Waals surface area contributed by atoms with E-state index in [4.69, 9.17) is 28.6 Å². The van der Waals surface area contributed by atoms with Crippen LogP contribution >= 0.6 is 23.2 Å². The fraction of sp³-hybridized carbons (Fsp3) is 0.250. The lowest BCUT2D eigenvalue weighted by molar-refractivity contribution is -0.116. The third kappa shape index (κ3) is 4.74. The molecule has 2 rings (SSSR count). The molecule has 1 aromatic heterocycles. The second-order valence-electron chi connectivity index (χ2n) is 5.10. The van der Waals surface area contributed by atoms with Crippen LogP contribution in [0.1, 0.15) is 29.8 Å². The number of rotatable bonds is 5. The molecule has 2 N–H and O–H groups in total. The number of amides is 1. The molecule has 0 radical (unpaired) electrons. The summed E-state index contributed by atoms with van der Waals surface area (Å²) in [5, 5.41) is 11.6. The van der Waals surface area contributed by atoms with Crippen molar-refractivity contribution in [3.8, 4) is 0 Å². The van der Waals surface area contributed by atoms with Gasteiger partial charge in [0, 0.05) is 12.1 Å². The molecule has 23 heavy (non-hydrogen) atoms. The van der Waals surface area contributed by atoms with Gasteiger partial charge in [0.1, 0.15) is 0 Å². The fourth-order valence-corrected chi connectivity index (χ4v) is 2.28. The molecule has 0 unspecified atom stereocenters. The Balaban J connectivity index is 1.93. The molecule has 2 aromatic rings. The molecule has 1 amide bonds. The van der Waals surface area contributed by atoms with Gasteiger partial charge in [0.25, 0.3) is 0 Å². The van der Waals surface area contributed by atoms with Gasteiger partial charge in [-0.05, 0) is 38.0 Å². The second-order valence-corrected chi connectivity index (χ2v) is 5.92. The van der Waals surface area contributed by atoms with Crippen molar-refractivity contribution >= 4 is 40.6 Å². The Hall–Kier alpha value is -1.98. The minimum Gasteiger partial charge on any atom is -0.309 e. The van der Waals surface area contributed by atoms with E-state index in [0.717, 1.165) is 5.69 Å². The number of nitrogens with one attached hydrogen (secondary N) is 2. The summed E-state index contributed by atoms with van der Waals surface area (Å²) in [5.74, 6) is 0.234. The zero-order chi connectivity index (χ0) is 17.0. The summed E-state index contributed by atoms with van der Waals surface area (Å²) in [5.41, 5.74) is 2.43. The van der Waals surface area contributed by atoms with Crippen molar-refractivity contribution in [2.45, 2.75) is 26.7 Å². The number of benzene rings is 1. The summed E-state index contributed by atoms with van der Waals surface area (Å²) in [7, 11) is 0. The summed E-state index contributed by atoms with van der Waals surface area (Å²) >= 11 is 11.8. The summed E-state index contributed by atoms with van der Waals surface area (Å²) in [6, 6.07) is 4.98. The van der Waals surface area contributed by atoms with E-state index in [-0.39, 0.29) is 12.3 Å². The van der Waals surface area contributed by atoms with Gasteiger partial charge in [0.15, 0.2) is 5.82 Å². The van der Waals surface area contributed by atoms with Crippen molar-refractivity contribution in [3.63, 3.8) is 0 Å². The van der Waals surface area contributed by atoms with Gasteiger partial charge in [0.2, 0.25) is 5.91 Å². The maximum Gasteiger partial charge on any atom is 0.225 e. The molecule has 0 saturated heterocycles. The molecule has 1 aromatic carbocycles. The van der Waals surface area contributed by atoms with E-state index >= 15 is 0 Å². The Kier molecular flexibility index (Phi) is 5.69. The van der Waals surface area contributed by atoms with E-state index in [1.54, 1.807) is 31.3 Å². The molecule has 0 atom stereocenters. The monoisotopic (exact) mass is 350 g/mol. The van der Waals surface area contributed by atoms with E-state index < -0.39 is 0 Å². The van der Waals surface area contributed by atoms with Crippen LogP contribution in [0.25, 0.3) is 0 Å². The van der Waals surface area contributed by atoms with Gasteiger partial charge in [0.05, 0.1) is 27.6 Å². The van der Waals surface area contributed by atoms with Crippen molar-refractivity contribution in [1.82, 2.24) is 9.97 Å². The molecular formula is C16H16Cl2N4O. The second kappa shape index (κ2) is 7.53. The smallest absolute Gasteiger partial charge is 0.225 e. The Bertz CT molecular complexity index is 762. The van der Waals surface area contributed by atoms with Gasteiger partial charge in [-0.25, -0.2) is 4.98 Å². The summed E-state index contributed by atoms with van der Waals surface area (Å²) < 4.78 is 0. The molecule has 0 aliphatic heterocycles. The number of aryl methyl sites for hydroxylation is 2. The van der Waals surface area contributed by atoms with Gasteiger partial charge < -0.3 is 10.7 Å². The normalized spacial score (nSPS) is 10.4. The third-order valence-electron chi connectivity index (χ3n) is 3.20. The third-order valence-corrected chi connectivity index (χ3v) is 3.93. The Labute approximate surface area is 144 Å². The molecule has 0 saturated carbocycles. The summed E-state index contributed by atoms with van der Waals surface area (Å²) in [6.45, 7) is 3.62. The standard InChI is InChI=1S/C16H16Cl2N4O/c1-9-8-20-16(10(2)21-9)22-15(23)6-5-14(19)11-3-4-12(17)13(18)7-11/h3-4,7-8,19H,5-6H2,1-2H3,(H,20,22,23). The van der Waals surface area contributed by atoms with E-state index in [9.17, 15) is 4.79 Å². The summed E-state index contributed by atoms with van der Waals surface area (Å²) in [6.07, 6.45) is 2.07. The van der Waals surface area contributed by atoms with Crippen molar-refractivity contribution in [3.05, 3.63) is 51.4 Å². The van der Waals surface area contributed by atoms with Crippen molar-refractivity contribution in [1.29, 1.82) is 5.41 Å². The van der Waals surface area contributed by atoms with Crippen molar-refractivity contribution in [2.24, 2.45) is 0 Å². The predicted molar refractivity (Wildman–Crippen MR) is 92.7 cm³/mol. The van der Waals surface area contributed by atoms with Gasteiger partial charge >= 0.3 is 0 Å². The number of carbonyl (C=O) groups excluding carboxylic acids is 1. The van der Waals surface area contributed by atoms with Crippen molar-refractivity contribution < 1.29 is 4.79 Å². The minimum atomic E-state index is -0.212. The number of nitrogens with zero attached hydrogens (tertiary/aromatic N) is 2. The van der Waals surface area contributed by atoms with E-state index in [0.29, 0.717) is 39.3 Å². The van der Waals surface area contributed by atoms with Gasteiger partial charge in [-0.15, -0.1) is 0 Å².